The number of carbonyl (C=O) groups excluding carboxylic acids is 1. The fraction of sp³-hybridized carbons (Fsp3) is 0. The van der Waals surface area contributed by atoms with E-state index in [4.69, 9.17) is 27.9 Å². The topological polar surface area (TPSA) is 26.3 Å². The monoisotopic (exact) mass is 216 g/mol. The second-order valence-electron chi connectivity index (χ2n) is 2.16. The van der Waals surface area contributed by atoms with Gasteiger partial charge in [-0.2, -0.15) is 0 Å². The Kier molecular flexibility index (Phi) is 3.80. The zero-order valence-corrected chi connectivity index (χ0v) is 8.05. The van der Waals surface area contributed by atoms with Gasteiger partial charge in [-0.05, 0) is 18.2 Å². The fourth-order valence-electron chi connectivity index (χ4n) is 0.715. The molecule has 0 aromatic heterocycles. The van der Waals surface area contributed by atoms with Gasteiger partial charge in [0.2, 0.25) is 0 Å². The predicted molar refractivity (Wildman–Crippen MR) is 52.3 cm³/mol. The summed E-state index contributed by atoms with van der Waals surface area (Å²) >= 11 is 11.4. The van der Waals surface area contributed by atoms with Gasteiger partial charge in [-0.1, -0.05) is 23.2 Å². The Morgan fingerprint density at radius 3 is 2.69 bits per heavy atom. The predicted octanol–water partition coefficient (Wildman–Crippen LogP) is 3.08. The Labute approximate surface area is 85.7 Å². The lowest BCUT2D eigenvalue weighted by Crippen LogP contribution is -1.83. The molecule has 68 valence electrons. The normalized spacial score (nSPS) is 10.3. The minimum atomic E-state index is 0.406. The first-order valence-electron chi connectivity index (χ1n) is 3.46. The highest BCUT2D eigenvalue weighted by Gasteiger charge is 1.99. The molecule has 0 N–H and O–H groups in total. The van der Waals surface area contributed by atoms with E-state index < -0.39 is 0 Å². The molecule has 1 aromatic carbocycles. The molecule has 4 heteroatoms. The molecule has 0 unspecified atom stereocenters. The second-order valence-corrected chi connectivity index (χ2v) is 3.00. The Balaban J connectivity index is 2.77. The van der Waals surface area contributed by atoms with Gasteiger partial charge in [0.15, 0.2) is 0 Å². The van der Waals surface area contributed by atoms with E-state index in [9.17, 15) is 4.79 Å². The summed E-state index contributed by atoms with van der Waals surface area (Å²) in [5, 5.41) is 0.944. The molecule has 0 bridgehead atoms. The number of carbonyl (C=O) groups is 1. The number of rotatable bonds is 3. The summed E-state index contributed by atoms with van der Waals surface area (Å²) in [5.41, 5.74) is 0. The van der Waals surface area contributed by atoms with E-state index in [2.05, 4.69) is 0 Å². The van der Waals surface area contributed by atoms with E-state index in [1.54, 1.807) is 18.2 Å². The third-order valence-corrected chi connectivity index (χ3v) is 1.78. The van der Waals surface area contributed by atoms with Crippen molar-refractivity contribution in [2.45, 2.75) is 0 Å². The highest BCUT2D eigenvalue weighted by Crippen LogP contribution is 2.27. The maximum absolute atomic E-state index is 9.91. The largest absolute Gasteiger partial charge is 0.463 e. The third kappa shape index (κ3) is 3.09. The molecule has 1 aromatic rings. The van der Waals surface area contributed by atoms with Gasteiger partial charge < -0.3 is 4.74 Å². The van der Waals surface area contributed by atoms with Gasteiger partial charge in [0.05, 0.1) is 11.3 Å². The molecule has 0 heterocycles. The van der Waals surface area contributed by atoms with E-state index in [1.165, 1.54) is 12.3 Å². The number of allylic oxidation sites excluding steroid dienone is 1. The van der Waals surface area contributed by atoms with Crippen molar-refractivity contribution in [2.24, 2.45) is 0 Å². The van der Waals surface area contributed by atoms with Crippen molar-refractivity contribution in [2.75, 3.05) is 0 Å². The molecule has 0 saturated carbocycles. The molecule has 2 nitrogen and oxygen atoms in total. The molecular formula is C9H6Cl2O2. The first-order chi connectivity index (χ1) is 6.24. The van der Waals surface area contributed by atoms with Gasteiger partial charge in [-0.15, -0.1) is 0 Å². The lowest BCUT2D eigenvalue weighted by Gasteiger charge is -2.01. The molecule has 0 spiro atoms. The molecule has 0 aliphatic rings. The van der Waals surface area contributed by atoms with Gasteiger partial charge in [0.25, 0.3) is 0 Å². The van der Waals surface area contributed by atoms with E-state index >= 15 is 0 Å². The summed E-state index contributed by atoms with van der Waals surface area (Å²) in [5.74, 6) is 0.462. The Bertz CT molecular complexity index is 334. The maximum atomic E-state index is 9.91. The summed E-state index contributed by atoms with van der Waals surface area (Å²) in [6, 6.07) is 4.84. The van der Waals surface area contributed by atoms with Crippen LogP contribution in [-0.2, 0) is 4.79 Å². The van der Waals surface area contributed by atoms with Crippen LogP contribution in [0.4, 0.5) is 0 Å². The zero-order valence-electron chi connectivity index (χ0n) is 6.54. The smallest absolute Gasteiger partial charge is 0.145 e. The first kappa shape index (κ1) is 10.1. The van der Waals surface area contributed by atoms with Crippen molar-refractivity contribution in [3.8, 4) is 5.75 Å². The molecule has 0 radical (unpaired) electrons. The van der Waals surface area contributed by atoms with Crippen LogP contribution in [0.15, 0.2) is 30.5 Å². The van der Waals surface area contributed by atoms with Crippen molar-refractivity contribution >= 4 is 29.5 Å². The molecule has 1 rings (SSSR count). The van der Waals surface area contributed by atoms with Gasteiger partial charge in [0, 0.05) is 11.1 Å². The van der Waals surface area contributed by atoms with Crippen LogP contribution in [0.5, 0.6) is 5.75 Å². The van der Waals surface area contributed by atoms with Gasteiger partial charge in [-0.3, -0.25) is 4.79 Å². The average Bonchev–Trinajstić information content (AvgIpc) is 2.09. The molecule has 0 aliphatic carbocycles. The Hall–Kier alpha value is -0.990. The van der Waals surface area contributed by atoms with E-state index in [1.807, 2.05) is 0 Å². The van der Waals surface area contributed by atoms with Crippen LogP contribution in [0.2, 0.25) is 10.0 Å². The van der Waals surface area contributed by atoms with Gasteiger partial charge in [0.1, 0.15) is 12.0 Å². The number of halogens is 2. The van der Waals surface area contributed by atoms with Crippen LogP contribution >= 0.6 is 23.2 Å². The van der Waals surface area contributed by atoms with E-state index in [0.717, 1.165) is 0 Å². The highest BCUT2D eigenvalue weighted by atomic mass is 35.5. The van der Waals surface area contributed by atoms with Crippen molar-refractivity contribution in [1.29, 1.82) is 0 Å². The summed E-state index contributed by atoms with van der Waals surface area (Å²) in [7, 11) is 0. The standard InChI is InChI=1S/C9H6Cl2O2/c10-7-2-3-9(8(11)6-7)13-5-1-4-12/h1-6H/b5-1+. The van der Waals surface area contributed by atoms with Crippen molar-refractivity contribution in [3.05, 3.63) is 40.6 Å². The Morgan fingerprint density at radius 2 is 2.08 bits per heavy atom. The van der Waals surface area contributed by atoms with Crippen LogP contribution in [0.25, 0.3) is 0 Å². The summed E-state index contributed by atoms with van der Waals surface area (Å²) in [6.07, 6.45) is 3.09. The van der Waals surface area contributed by atoms with Crippen LogP contribution in [0, 0.1) is 0 Å². The summed E-state index contributed by atoms with van der Waals surface area (Å²) in [4.78, 5) is 9.91. The van der Waals surface area contributed by atoms with Crippen molar-refractivity contribution in [3.63, 3.8) is 0 Å². The summed E-state index contributed by atoms with van der Waals surface area (Å²) < 4.78 is 5.03. The van der Waals surface area contributed by atoms with E-state index in [-0.39, 0.29) is 0 Å². The van der Waals surface area contributed by atoms with E-state index in [0.29, 0.717) is 22.1 Å². The number of benzene rings is 1. The molecule has 0 aliphatic heterocycles. The molecule has 0 saturated heterocycles. The van der Waals surface area contributed by atoms with Crippen LogP contribution < -0.4 is 4.74 Å². The molecular weight excluding hydrogens is 211 g/mol. The number of hydrogen-bond donors (Lipinski definition) is 0. The quantitative estimate of drug-likeness (QED) is 0.441. The SMILES string of the molecule is O=C/C=C/Oc1ccc(Cl)cc1Cl. The average molecular weight is 217 g/mol. The maximum Gasteiger partial charge on any atom is 0.145 e. The van der Waals surface area contributed by atoms with Crippen LogP contribution in [-0.4, -0.2) is 6.29 Å². The minimum absolute atomic E-state index is 0.406. The number of aldehydes is 1. The molecule has 0 amide bonds. The third-order valence-electron chi connectivity index (χ3n) is 1.25. The number of hydrogen-bond acceptors (Lipinski definition) is 2. The van der Waals surface area contributed by atoms with Crippen LogP contribution in [0.3, 0.4) is 0 Å². The second kappa shape index (κ2) is 4.90. The lowest BCUT2D eigenvalue weighted by atomic mass is 10.3. The van der Waals surface area contributed by atoms with Crippen molar-refractivity contribution < 1.29 is 9.53 Å². The first-order valence-corrected chi connectivity index (χ1v) is 4.21. The zero-order chi connectivity index (χ0) is 9.68. The van der Waals surface area contributed by atoms with Crippen molar-refractivity contribution in [1.82, 2.24) is 0 Å². The fourth-order valence-corrected chi connectivity index (χ4v) is 1.17. The van der Waals surface area contributed by atoms with Crippen LogP contribution in [0.1, 0.15) is 0 Å². The van der Waals surface area contributed by atoms with Gasteiger partial charge in [-0.25, -0.2) is 0 Å². The van der Waals surface area contributed by atoms with Gasteiger partial charge >= 0.3 is 0 Å². The molecule has 0 atom stereocenters. The number of ether oxygens (including phenoxy) is 1. The molecule has 13 heavy (non-hydrogen) atoms. The summed E-state index contributed by atoms with van der Waals surface area (Å²) in [6.45, 7) is 0. The highest BCUT2D eigenvalue weighted by molar-refractivity contribution is 6.35. The minimum Gasteiger partial charge on any atom is -0.463 e. The Morgan fingerprint density at radius 1 is 1.31 bits per heavy atom. The molecule has 0 fully saturated rings. The lowest BCUT2D eigenvalue weighted by molar-refractivity contribution is -0.104.